The summed E-state index contributed by atoms with van der Waals surface area (Å²) in [5.41, 5.74) is 12.3. The summed E-state index contributed by atoms with van der Waals surface area (Å²) in [6.45, 7) is 3.63. The Hall–Kier alpha value is -3.03. The van der Waals surface area contributed by atoms with Gasteiger partial charge in [0.1, 0.15) is 17.1 Å². The number of nitrogens with one attached hydrogen (secondary N) is 1. The summed E-state index contributed by atoms with van der Waals surface area (Å²) in [6, 6.07) is 7.83. The minimum absolute atomic E-state index is 0.412. The van der Waals surface area contributed by atoms with Gasteiger partial charge in [-0.05, 0) is 32.6 Å². The number of rotatable bonds is 6. The molecule has 0 amide bonds. The lowest BCUT2D eigenvalue weighted by Gasteiger charge is -2.21. The van der Waals surface area contributed by atoms with Crippen molar-refractivity contribution in [2.45, 2.75) is 6.92 Å². The van der Waals surface area contributed by atoms with Crippen LogP contribution in [0.5, 0.6) is 5.75 Å². The molecule has 0 bridgehead atoms. The Labute approximate surface area is 180 Å². The maximum absolute atomic E-state index is 6.70. The molecule has 0 unspecified atom stereocenters. The molecule has 8 heteroatoms. The molecule has 0 aliphatic rings. The Morgan fingerprint density at radius 1 is 1.23 bits per heavy atom. The monoisotopic (exact) mass is 424 g/mol. The molecule has 4 rings (SSSR count). The van der Waals surface area contributed by atoms with Gasteiger partial charge in [-0.25, -0.2) is 9.97 Å². The van der Waals surface area contributed by atoms with Gasteiger partial charge in [0.05, 0.1) is 36.4 Å². The van der Waals surface area contributed by atoms with E-state index in [2.05, 4.69) is 15.2 Å². The number of hydrogen-bond acceptors (Lipinski definition) is 6. The second-order valence-electron chi connectivity index (χ2n) is 7.50. The summed E-state index contributed by atoms with van der Waals surface area (Å²) in [6.07, 6.45) is 3.44. The van der Waals surface area contributed by atoms with Crippen LogP contribution in [0.25, 0.3) is 27.7 Å². The molecule has 0 radical (unpaired) electrons. The number of nitrogens with two attached hydrogens (primary N) is 1. The molecule has 156 valence electrons. The number of aryl methyl sites for hydroxylation is 1. The predicted octanol–water partition coefficient (Wildman–Crippen LogP) is 4.08. The first-order chi connectivity index (χ1) is 14.4. The molecule has 0 atom stereocenters. The second kappa shape index (κ2) is 8.01. The van der Waals surface area contributed by atoms with E-state index in [-0.39, 0.29) is 0 Å². The number of likely N-dealkylation sites (N-methyl/N-ethyl adjacent to an activating group) is 1. The average molecular weight is 425 g/mol. The van der Waals surface area contributed by atoms with Crippen molar-refractivity contribution >= 4 is 39.7 Å². The quantitative estimate of drug-likeness (QED) is 0.485. The topological polar surface area (TPSA) is 80.7 Å². The smallest absolute Gasteiger partial charge is 0.150 e. The lowest BCUT2D eigenvalue weighted by molar-refractivity contribution is 0.413. The summed E-state index contributed by atoms with van der Waals surface area (Å²) in [7, 11) is 5.74. The van der Waals surface area contributed by atoms with Crippen LogP contribution in [-0.4, -0.2) is 53.6 Å². The number of methoxy groups -OCH3 is 1. The maximum Gasteiger partial charge on any atom is 0.150 e. The van der Waals surface area contributed by atoms with Gasteiger partial charge < -0.3 is 20.7 Å². The van der Waals surface area contributed by atoms with E-state index in [1.165, 1.54) is 0 Å². The molecule has 30 heavy (non-hydrogen) atoms. The molecule has 2 aromatic heterocycles. The van der Waals surface area contributed by atoms with Crippen LogP contribution in [0, 0.1) is 6.92 Å². The van der Waals surface area contributed by atoms with Crippen LogP contribution >= 0.6 is 11.6 Å². The zero-order valence-electron chi connectivity index (χ0n) is 17.5. The Bertz CT molecular complexity index is 1210. The third kappa shape index (κ3) is 3.40. The second-order valence-corrected chi connectivity index (χ2v) is 7.91. The average Bonchev–Trinajstić information content (AvgIpc) is 3.19. The van der Waals surface area contributed by atoms with E-state index in [4.69, 9.17) is 27.1 Å². The van der Waals surface area contributed by atoms with Crippen molar-refractivity contribution in [3.8, 4) is 16.9 Å². The summed E-state index contributed by atoms with van der Waals surface area (Å²) in [4.78, 5) is 11.1. The SMILES string of the molecule is COc1cc2c(nc(N)c3cncn32)c(-c2c(C)cccc2Cl)c1NCCN(C)C. The van der Waals surface area contributed by atoms with Crippen molar-refractivity contribution < 1.29 is 4.74 Å². The molecular formula is C22H25ClN6O. The fourth-order valence-electron chi connectivity index (χ4n) is 3.72. The van der Waals surface area contributed by atoms with E-state index in [0.717, 1.165) is 52.0 Å². The van der Waals surface area contributed by atoms with Gasteiger partial charge in [0.2, 0.25) is 0 Å². The van der Waals surface area contributed by atoms with E-state index in [1.54, 1.807) is 19.6 Å². The van der Waals surface area contributed by atoms with Crippen LogP contribution in [0.2, 0.25) is 5.02 Å². The number of aromatic nitrogens is 3. The molecule has 0 saturated heterocycles. The van der Waals surface area contributed by atoms with Gasteiger partial charge in [0, 0.05) is 35.3 Å². The highest BCUT2D eigenvalue weighted by atomic mass is 35.5. The third-order valence-electron chi connectivity index (χ3n) is 5.19. The van der Waals surface area contributed by atoms with Gasteiger partial charge in [-0.15, -0.1) is 0 Å². The molecule has 0 aliphatic heterocycles. The number of ether oxygens (including phenoxy) is 1. The lowest BCUT2D eigenvalue weighted by atomic mass is 9.96. The molecule has 2 aromatic carbocycles. The van der Waals surface area contributed by atoms with E-state index in [1.807, 2.05) is 49.7 Å². The molecular weight excluding hydrogens is 400 g/mol. The van der Waals surface area contributed by atoms with Crippen LogP contribution in [0.15, 0.2) is 36.8 Å². The molecule has 0 saturated carbocycles. The highest BCUT2D eigenvalue weighted by molar-refractivity contribution is 6.34. The molecule has 4 aromatic rings. The van der Waals surface area contributed by atoms with Gasteiger partial charge in [-0.3, -0.25) is 4.40 Å². The van der Waals surface area contributed by atoms with Crippen LogP contribution in [0.4, 0.5) is 11.5 Å². The van der Waals surface area contributed by atoms with E-state index in [0.29, 0.717) is 16.6 Å². The molecule has 7 nitrogen and oxygen atoms in total. The van der Waals surface area contributed by atoms with Gasteiger partial charge in [-0.2, -0.15) is 0 Å². The Kier molecular flexibility index (Phi) is 5.40. The number of halogens is 1. The largest absolute Gasteiger partial charge is 0.494 e. The summed E-state index contributed by atoms with van der Waals surface area (Å²) < 4.78 is 7.73. The van der Waals surface area contributed by atoms with Crippen LogP contribution in [-0.2, 0) is 0 Å². The highest BCUT2D eigenvalue weighted by Gasteiger charge is 2.22. The van der Waals surface area contributed by atoms with Crippen molar-refractivity contribution in [3.63, 3.8) is 0 Å². The third-order valence-corrected chi connectivity index (χ3v) is 5.50. The minimum atomic E-state index is 0.412. The van der Waals surface area contributed by atoms with Crippen molar-refractivity contribution in [3.05, 3.63) is 47.4 Å². The standard InChI is InChI=1S/C22H25ClN6O/c1-13-6-5-7-14(23)18(13)19-20-15(29-12-25-11-16(29)22(24)27-20)10-17(30-4)21(19)26-8-9-28(2)3/h5-7,10-12,26H,8-9H2,1-4H3,(H2,24,27). The summed E-state index contributed by atoms with van der Waals surface area (Å²) in [5, 5.41) is 4.18. The maximum atomic E-state index is 6.70. The van der Waals surface area contributed by atoms with E-state index >= 15 is 0 Å². The number of fused-ring (bicyclic) bond motifs is 3. The molecule has 2 heterocycles. The van der Waals surface area contributed by atoms with Crippen molar-refractivity contribution in [2.24, 2.45) is 0 Å². The van der Waals surface area contributed by atoms with Gasteiger partial charge >= 0.3 is 0 Å². The number of nitrogen functional groups attached to an aromatic ring is 1. The van der Waals surface area contributed by atoms with Gasteiger partial charge in [0.15, 0.2) is 0 Å². The number of hydrogen-bond donors (Lipinski definition) is 2. The summed E-state index contributed by atoms with van der Waals surface area (Å²) >= 11 is 6.70. The van der Waals surface area contributed by atoms with Crippen molar-refractivity contribution in [1.82, 2.24) is 19.3 Å². The highest BCUT2D eigenvalue weighted by Crippen LogP contribution is 2.45. The summed E-state index contributed by atoms with van der Waals surface area (Å²) in [5.74, 6) is 1.12. The van der Waals surface area contributed by atoms with Crippen molar-refractivity contribution in [1.29, 1.82) is 0 Å². The van der Waals surface area contributed by atoms with Gasteiger partial charge in [0.25, 0.3) is 0 Å². The van der Waals surface area contributed by atoms with Crippen molar-refractivity contribution in [2.75, 3.05) is 45.3 Å². The molecule has 0 fully saturated rings. The van der Waals surface area contributed by atoms with E-state index in [9.17, 15) is 0 Å². The van der Waals surface area contributed by atoms with Crippen LogP contribution in [0.1, 0.15) is 5.56 Å². The predicted molar refractivity (Wildman–Crippen MR) is 124 cm³/mol. The van der Waals surface area contributed by atoms with Crippen LogP contribution < -0.4 is 15.8 Å². The Morgan fingerprint density at radius 2 is 2.03 bits per heavy atom. The fourth-order valence-corrected chi connectivity index (χ4v) is 4.03. The first-order valence-corrected chi connectivity index (χ1v) is 10.1. The molecule has 0 spiro atoms. The number of imidazole rings is 1. The Morgan fingerprint density at radius 3 is 2.73 bits per heavy atom. The number of anilines is 2. The lowest BCUT2D eigenvalue weighted by Crippen LogP contribution is -2.21. The Balaban J connectivity index is 2.11. The normalized spacial score (nSPS) is 11.5. The molecule has 0 aliphatic carbocycles. The van der Waals surface area contributed by atoms with Gasteiger partial charge in [-0.1, -0.05) is 23.7 Å². The number of nitrogens with zero attached hydrogens (tertiary/aromatic N) is 4. The van der Waals surface area contributed by atoms with E-state index < -0.39 is 0 Å². The van der Waals surface area contributed by atoms with Crippen LogP contribution in [0.3, 0.4) is 0 Å². The zero-order valence-corrected chi connectivity index (χ0v) is 18.3. The minimum Gasteiger partial charge on any atom is -0.494 e. The fraction of sp³-hybridized carbons (Fsp3) is 0.273. The first-order valence-electron chi connectivity index (χ1n) is 9.68. The number of benzene rings is 2. The first kappa shape index (κ1) is 20.3. The molecule has 3 N–H and O–H groups in total. The zero-order chi connectivity index (χ0) is 21.4.